The Morgan fingerprint density at radius 3 is 2.69 bits per heavy atom. The van der Waals surface area contributed by atoms with Gasteiger partial charge in [0.25, 0.3) is 5.78 Å². The summed E-state index contributed by atoms with van der Waals surface area (Å²) in [5.41, 5.74) is 9.19. The molecule has 29 heavy (non-hydrogen) atoms. The highest BCUT2D eigenvalue weighted by Gasteiger charge is 2.17. The van der Waals surface area contributed by atoms with E-state index >= 15 is 0 Å². The Morgan fingerprint density at radius 1 is 1.24 bits per heavy atom. The summed E-state index contributed by atoms with van der Waals surface area (Å²) >= 11 is 0. The molecule has 0 unspecified atom stereocenters. The molecule has 0 aliphatic heterocycles. The number of nitrogens with zero attached hydrogens (tertiary/aromatic N) is 4. The molecule has 9 heteroatoms. The van der Waals surface area contributed by atoms with Gasteiger partial charge in [0.15, 0.2) is 0 Å². The van der Waals surface area contributed by atoms with E-state index in [4.69, 9.17) is 15.2 Å². The molecule has 154 valence electrons. The molecule has 0 saturated heterocycles. The molecule has 3 rings (SSSR count). The van der Waals surface area contributed by atoms with Crippen LogP contribution >= 0.6 is 0 Å². The van der Waals surface area contributed by atoms with E-state index in [1.54, 1.807) is 18.7 Å². The van der Waals surface area contributed by atoms with E-state index in [2.05, 4.69) is 20.4 Å². The third-order valence-electron chi connectivity index (χ3n) is 4.95. The fraction of sp³-hybridized carbons (Fsp3) is 0.400. The maximum Gasteiger partial charge on any atom is 0.254 e. The van der Waals surface area contributed by atoms with Crippen LogP contribution in [0.15, 0.2) is 18.2 Å². The van der Waals surface area contributed by atoms with E-state index in [0.29, 0.717) is 30.1 Å². The Morgan fingerprint density at radius 2 is 2.00 bits per heavy atom. The van der Waals surface area contributed by atoms with Crippen molar-refractivity contribution >= 4 is 17.6 Å². The van der Waals surface area contributed by atoms with Gasteiger partial charge in [0.05, 0.1) is 20.3 Å². The SMILES string of the molecule is COc1ccc(OC)c([C@H](C)NC(=O)CCc2c(C)nc3nc(N)nn3c2C)c1. The zero-order valence-corrected chi connectivity index (χ0v) is 17.3. The monoisotopic (exact) mass is 398 g/mol. The molecule has 1 atom stereocenters. The topological polar surface area (TPSA) is 117 Å². The number of rotatable bonds is 7. The average Bonchev–Trinajstić information content (AvgIpc) is 3.07. The molecule has 0 bridgehead atoms. The van der Waals surface area contributed by atoms with Crippen LogP contribution in [0.3, 0.4) is 0 Å². The Hall–Kier alpha value is -3.36. The first-order valence-electron chi connectivity index (χ1n) is 9.33. The van der Waals surface area contributed by atoms with Crippen LogP contribution in [0.1, 0.15) is 41.9 Å². The van der Waals surface area contributed by atoms with Gasteiger partial charge in [0, 0.05) is 23.4 Å². The first-order valence-corrected chi connectivity index (χ1v) is 9.33. The molecule has 0 spiro atoms. The standard InChI is InChI=1S/C20H26N6O3/c1-11-15(13(3)26-20(23-11)24-19(21)25-26)7-9-18(27)22-12(2)16-10-14(28-4)6-8-17(16)29-5/h6,8,10,12H,7,9H2,1-5H3,(H2,21,25)(H,22,27)/t12-/m0/s1. The van der Waals surface area contributed by atoms with Gasteiger partial charge in [-0.05, 0) is 51.0 Å². The van der Waals surface area contributed by atoms with Crippen LogP contribution in [-0.4, -0.2) is 39.7 Å². The minimum atomic E-state index is -0.231. The smallest absolute Gasteiger partial charge is 0.254 e. The number of aromatic nitrogens is 4. The summed E-state index contributed by atoms with van der Waals surface area (Å²) in [6.07, 6.45) is 0.851. The number of nitrogen functional groups attached to an aromatic ring is 1. The molecular weight excluding hydrogens is 372 g/mol. The fourth-order valence-electron chi connectivity index (χ4n) is 3.39. The fourth-order valence-corrected chi connectivity index (χ4v) is 3.39. The molecule has 0 aliphatic rings. The number of benzene rings is 1. The molecule has 0 saturated carbocycles. The van der Waals surface area contributed by atoms with Crippen LogP contribution in [0.25, 0.3) is 5.78 Å². The van der Waals surface area contributed by atoms with Gasteiger partial charge in [0.2, 0.25) is 11.9 Å². The summed E-state index contributed by atoms with van der Waals surface area (Å²) < 4.78 is 12.3. The molecule has 1 amide bonds. The van der Waals surface area contributed by atoms with Crippen LogP contribution < -0.4 is 20.5 Å². The largest absolute Gasteiger partial charge is 0.497 e. The Kier molecular flexibility index (Phi) is 5.86. The Balaban J connectivity index is 1.71. The maximum absolute atomic E-state index is 12.6. The first-order chi connectivity index (χ1) is 13.8. The number of hydrogen-bond donors (Lipinski definition) is 2. The lowest BCUT2D eigenvalue weighted by atomic mass is 10.0. The summed E-state index contributed by atoms with van der Waals surface area (Å²) in [5, 5.41) is 7.18. The summed E-state index contributed by atoms with van der Waals surface area (Å²) in [4.78, 5) is 21.1. The first kappa shape index (κ1) is 20.4. The lowest BCUT2D eigenvalue weighted by molar-refractivity contribution is -0.121. The highest BCUT2D eigenvalue weighted by molar-refractivity contribution is 5.77. The Labute approximate surface area is 169 Å². The number of carbonyl (C=O) groups excluding carboxylic acids is 1. The second kappa shape index (κ2) is 8.34. The minimum absolute atomic E-state index is 0.0700. The average molecular weight is 398 g/mol. The molecule has 2 heterocycles. The maximum atomic E-state index is 12.6. The summed E-state index contributed by atoms with van der Waals surface area (Å²) in [6.45, 7) is 5.74. The van der Waals surface area contributed by atoms with E-state index in [1.165, 1.54) is 0 Å². The van der Waals surface area contributed by atoms with Gasteiger partial charge in [0.1, 0.15) is 11.5 Å². The van der Waals surface area contributed by atoms with Crippen molar-refractivity contribution in [3.05, 3.63) is 40.7 Å². The number of aryl methyl sites for hydroxylation is 2. The van der Waals surface area contributed by atoms with Crippen LogP contribution in [0, 0.1) is 13.8 Å². The zero-order chi connectivity index (χ0) is 21.1. The van der Waals surface area contributed by atoms with Crippen molar-refractivity contribution in [2.45, 2.75) is 39.7 Å². The molecule has 0 radical (unpaired) electrons. The van der Waals surface area contributed by atoms with E-state index in [-0.39, 0.29) is 17.9 Å². The van der Waals surface area contributed by atoms with Gasteiger partial charge in [-0.25, -0.2) is 4.98 Å². The summed E-state index contributed by atoms with van der Waals surface area (Å²) in [5.74, 6) is 1.98. The van der Waals surface area contributed by atoms with E-state index in [0.717, 1.165) is 22.5 Å². The van der Waals surface area contributed by atoms with Gasteiger partial charge < -0.3 is 20.5 Å². The van der Waals surface area contributed by atoms with Gasteiger partial charge in [-0.3, -0.25) is 4.79 Å². The van der Waals surface area contributed by atoms with Crippen molar-refractivity contribution in [1.82, 2.24) is 24.9 Å². The van der Waals surface area contributed by atoms with Crippen molar-refractivity contribution in [2.75, 3.05) is 20.0 Å². The number of amides is 1. The molecule has 3 aromatic rings. The highest BCUT2D eigenvalue weighted by Crippen LogP contribution is 2.29. The number of anilines is 1. The van der Waals surface area contributed by atoms with Crippen LogP contribution in [0.2, 0.25) is 0 Å². The lowest BCUT2D eigenvalue weighted by Crippen LogP contribution is -2.27. The van der Waals surface area contributed by atoms with E-state index in [9.17, 15) is 4.79 Å². The Bertz CT molecular complexity index is 1050. The third kappa shape index (κ3) is 4.23. The molecule has 1 aromatic carbocycles. The lowest BCUT2D eigenvalue weighted by Gasteiger charge is -2.18. The van der Waals surface area contributed by atoms with Crippen molar-refractivity contribution in [1.29, 1.82) is 0 Å². The van der Waals surface area contributed by atoms with Gasteiger partial charge in [-0.1, -0.05) is 0 Å². The van der Waals surface area contributed by atoms with Crippen molar-refractivity contribution < 1.29 is 14.3 Å². The van der Waals surface area contributed by atoms with Gasteiger partial charge in [-0.15, -0.1) is 5.10 Å². The third-order valence-corrected chi connectivity index (χ3v) is 4.95. The number of nitrogens with one attached hydrogen (secondary N) is 1. The minimum Gasteiger partial charge on any atom is -0.497 e. The molecule has 0 fully saturated rings. The van der Waals surface area contributed by atoms with Gasteiger partial charge >= 0.3 is 0 Å². The summed E-state index contributed by atoms with van der Waals surface area (Å²) in [6, 6.07) is 5.28. The van der Waals surface area contributed by atoms with Gasteiger partial charge in [-0.2, -0.15) is 9.50 Å². The van der Waals surface area contributed by atoms with E-state index < -0.39 is 0 Å². The quantitative estimate of drug-likeness (QED) is 0.626. The second-order valence-electron chi connectivity index (χ2n) is 6.84. The number of carbonyl (C=O) groups is 1. The molecule has 3 N–H and O–H groups in total. The van der Waals surface area contributed by atoms with Crippen LogP contribution in [0.4, 0.5) is 5.95 Å². The van der Waals surface area contributed by atoms with Crippen molar-refractivity contribution in [3.63, 3.8) is 0 Å². The number of methoxy groups -OCH3 is 2. The predicted molar refractivity (Wildman–Crippen MR) is 109 cm³/mol. The number of nitrogens with two attached hydrogens (primary N) is 1. The highest BCUT2D eigenvalue weighted by atomic mass is 16.5. The zero-order valence-electron chi connectivity index (χ0n) is 17.3. The summed E-state index contributed by atoms with van der Waals surface area (Å²) in [7, 11) is 3.21. The predicted octanol–water partition coefficient (Wildman–Crippen LogP) is 2.15. The van der Waals surface area contributed by atoms with Crippen molar-refractivity contribution in [2.24, 2.45) is 0 Å². The number of hydrogen-bond acceptors (Lipinski definition) is 7. The second-order valence-corrected chi connectivity index (χ2v) is 6.84. The molecule has 9 nitrogen and oxygen atoms in total. The van der Waals surface area contributed by atoms with Crippen LogP contribution in [-0.2, 0) is 11.2 Å². The molecule has 2 aromatic heterocycles. The number of ether oxygens (including phenoxy) is 2. The normalized spacial score (nSPS) is 12.0. The van der Waals surface area contributed by atoms with Crippen molar-refractivity contribution in [3.8, 4) is 11.5 Å². The van der Waals surface area contributed by atoms with Crippen LogP contribution in [0.5, 0.6) is 11.5 Å². The number of fused-ring (bicyclic) bond motifs is 1. The molecule has 0 aliphatic carbocycles. The molecular formula is C20H26N6O3. The van der Waals surface area contributed by atoms with E-state index in [1.807, 2.05) is 39.0 Å².